The fourth-order valence-electron chi connectivity index (χ4n) is 3.41. The molecule has 3 heterocycles. The van der Waals surface area contributed by atoms with Crippen LogP contribution in [0.4, 0.5) is 0 Å². The monoisotopic (exact) mass is 346 g/mol. The van der Waals surface area contributed by atoms with E-state index in [1.165, 1.54) is 24.3 Å². The zero-order chi connectivity index (χ0) is 16.8. The first-order chi connectivity index (χ1) is 11.8. The van der Waals surface area contributed by atoms with Crippen LogP contribution in [0.5, 0.6) is 0 Å². The Morgan fingerprint density at radius 1 is 1.42 bits per heavy atom. The van der Waals surface area contributed by atoms with Crippen LogP contribution in [0.15, 0.2) is 45.5 Å². The lowest BCUT2D eigenvalue weighted by molar-refractivity contribution is 0.125. The van der Waals surface area contributed by atoms with Crippen LogP contribution in [-0.4, -0.2) is 38.0 Å². The van der Waals surface area contributed by atoms with E-state index in [4.69, 9.17) is 4.42 Å². The fourth-order valence-corrected chi connectivity index (χ4v) is 4.39. The molecule has 0 amide bonds. The van der Waals surface area contributed by atoms with Gasteiger partial charge in [-0.25, -0.2) is 0 Å². The van der Waals surface area contributed by atoms with Gasteiger partial charge >= 0.3 is 0 Å². The zero-order valence-corrected chi connectivity index (χ0v) is 15.2. The minimum Gasteiger partial charge on any atom is -0.472 e. The standard InChI is InChI=1S/C18H26N4OS/c1-19-18(20-11-14-7-9-23-13-14)21-12-15-5-3-8-22(2)17(15)16-6-4-10-24-16/h4,6-7,9-10,13,15,17H,3,5,8,11-12H2,1-2H3,(H2,19,20,21)/t15-,17+/m0/s1. The maximum atomic E-state index is 5.10. The van der Waals surface area contributed by atoms with Gasteiger partial charge in [-0.3, -0.25) is 9.89 Å². The number of furan rings is 1. The van der Waals surface area contributed by atoms with Crippen LogP contribution < -0.4 is 10.6 Å². The molecule has 1 saturated heterocycles. The molecule has 1 aliphatic rings. The first-order valence-electron chi connectivity index (χ1n) is 8.47. The van der Waals surface area contributed by atoms with E-state index in [0.717, 1.165) is 24.6 Å². The average Bonchev–Trinajstić information content (AvgIpc) is 3.29. The molecule has 0 spiro atoms. The maximum absolute atomic E-state index is 5.10. The van der Waals surface area contributed by atoms with Crippen molar-refractivity contribution in [3.05, 3.63) is 46.5 Å². The number of rotatable bonds is 5. The second kappa shape index (κ2) is 8.35. The third kappa shape index (κ3) is 4.19. The molecule has 2 aromatic rings. The minimum absolute atomic E-state index is 0.498. The maximum Gasteiger partial charge on any atom is 0.191 e. The molecule has 0 saturated carbocycles. The van der Waals surface area contributed by atoms with E-state index >= 15 is 0 Å². The van der Waals surface area contributed by atoms with Gasteiger partial charge in [0.25, 0.3) is 0 Å². The number of hydrogen-bond donors (Lipinski definition) is 2. The Morgan fingerprint density at radius 3 is 3.04 bits per heavy atom. The molecule has 1 fully saturated rings. The molecule has 0 aromatic carbocycles. The number of nitrogens with one attached hydrogen (secondary N) is 2. The Morgan fingerprint density at radius 2 is 2.33 bits per heavy atom. The van der Waals surface area contributed by atoms with Crippen LogP contribution in [0, 0.1) is 5.92 Å². The van der Waals surface area contributed by atoms with Gasteiger partial charge in [-0.05, 0) is 49.9 Å². The highest BCUT2D eigenvalue weighted by atomic mass is 32.1. The van der Waals surface area contributed by atoms with Crippen molar-refractivity contribution in [1.29, 1.82) is 0 Å². The van der Waals surface area contributed by atoms with Crippen molar-refractivity contribution in [3.63, 3.8) is 0 Å². The van der Waals surface area contributed by atoms with Gasteiger partial charge in [-0.1, -0.05) is 6.07 Å². The molecule has 5 nitrogen and oxygen atoms in total. The van der Waals surface area contributed by atoms with Crippen molar-refractivity contribution in [2.45, 2.75) is 25.4 Å². The summed E-state index contributed by atoms with van der Waals surface area (Å²) in [6.45, 7) is 2.82. The quantitative estimate of drug-likeness (QED) is 0.645. The van der Waals surface area contributed by atoms with E-state index in [1.807, 2.05) is 24.5 Å². The smallest absolute Gasteiger partial charge is 0.191 e. The molecule has 2 atom stereocenters. The zero-order valence-electron chi connectivity index (χ0n) is 14.4. The molecular weight excluding hydrogens is 320 g/mol. The summed E-state index contributed by atoms with van der Waals surface area (Å²) in [5, 5.41) is 9.01. The molecular formula is C18H26N4OS. The van der Waals surface area contributed by atoms with Gasteiger partial charge in [0.15, 0.2) is 5.96 Å². The molecule has 3 rings (SSSR count). The van der Waals surface area contributed by atoms with Crippen molar-refractivity contribution < 1.29 is 4.42 Å². The summed E-state index contributed by atoms with van der Waals surface area (Å²) >= 11 is 1.86. The van der Waals surface area contributed by atoms with E-state index in [1.54, 1.807) is 12.5 Å². The van der Waals surface area contributed by atoms with E-state index in [2.05, 4.69) is 45.1 Å². The summed E-state index contributed by atoms with van der Waals surface area (Å²) in [4.78, 5) is 8.28. The number of nitrogens with zero attached hydrogens (tertiary/aromatic N) is 2. The van der Waals surface area contributed by atoms with Gasteiger partial charge in [0.05, 0.1) is 12.5 Å². The Kier molecular flexibility index (Phi) is 5.93. The molecule has 0 bridgehead atoms. The second-order valence-electron chi connectivity index (χ2n) is 6.28. The molecule has 2 N–H and O–H groups in total. The number of aliphatic imine (C=N–C) groups is 1. The molecule has 0 aliphatic carbocycles. The van der Waals surface area contributed by atoms with Crippen molar-refractivity contribution in [2.24, 2.45) is 10.9 Å². The van der Waals surface area contributed by atoms with E-state index < -0.39 is 0 Å². The number of thiophene rings is 1. The predicted molar refractivity (Wildman–Crippen MR) is 99.3 cm³/mol. The predicted octanol–water partition coefficient (Wildman–Crippen LogP) is 3.09. The average molecular weight is 346 g/mol. The Hall–Kier alpha value is -1.79. The number of piperidine rings is 1. The number of likely N-dealkylation sites (tertiary alicyclic amines) is 1. The molecule has 130 valence electrons. The summed E-state index contributed by atoms with van der Waals surface area (Å²) < 4.78 is 5.10. The van der Waals surface area contributed by atoms with Crippen LogP contribution in [0.3, 0.4) is 0 Å². The summed E-state index contributed by atoms with van der Waals surface area (Å²) in [5.41, 5.74) is 1.12. The Bertz CT molecular complexity index is 624. The van der Waals surface area contributed by atoms with Gasteiger partial charge in [-0.2, -0.15) is 0 Å². The van der Waals surface area contributed by atoms with Gasteiger partial charge in [0, 0.05) is 36.6 Å². The second-order valence-corrected chi connectivity index (χ2v) is 7.26. The van der Waals surface area contributed by atoms with Gasteiger partial charge in [0.2, 0.25) is 0 Å². The van der Waals surface area contributed by atoms with Gasteiger partial charge in [0.1, 0.15) is 0 Å². The lowest BCUT2D eigenvalue weighted by Gasteiger charge is -2.39. The van der Waals surface area contributed by atoms with Crippen LogP contribution in [0.2, 0.25) is 0 Å². The van der Waals surface area contributed by atoms with E-state index in [9.17, 15) is 0 Å². The molecule has 2 aromatic heterocycles. The largest absolute Gasteiger partial charge is 0.472 e. The highest BCUT2D eigenvalue weighted by molar-refractivity contribution is 7.10. The van der Waals surface area contributed by atoms with Crippen LogP contribution >= 0.6 is 11.3 Å². The Balaban J connectivity index is 1.56. The molecule has 0 unspecified atom stereocenters. The van der Waals surface area contributed by atoms with Gasteiger partial charge < -0.3 is 15.1 Å². The highest BCUT2D eigenvalue weighted by Gasteiger charge is 2.31. The summed E-state index contributed by atoms with van der Waals surface area (Å²) in [6, 6.07) is 6.87. The van der Waals surface area contributed by atoms with E-state index in [0.29, 0.717) is 12.0 Å². The first-order valence-corrected chi connectivity index (χ1v) is 9.35. The number of guanidine groups is 1. The van der Waals surface area contributed by atoms with Crippen LogP contribution in [-0.2, 0) is 6.54 Å². The topological polar surface area (TPSA) is 52.8 Å². The van der Waals surface area contributed by atoms with Crippen LogP contribution in [0.1, 0.15) is 29.3 Å². The Labute approximate surface area is 147 Å². The molecule has 24 heavy (non-hydrogen) atoms. The first kappa shape index (κ1) is 17.0. The van der Waals surface area contributed by atoms with Gasteiger partial charge in [-0.15, -0.1) is 11.3 Å². The lowest BCUT2D eigenvalue weighted by Crippen LogP contribution is -2.44. The van der Waals surface area contributed by atoms with Crippen molar-refractivity contribution in [2.75, 3.05) is 27.2 Å². The molecule has 1 aliphatic heterocycles. The van der Waals surface area contributed by atoms with Crippen molar-refractivity contribution in [1.82, 2.24) is 15.5 Å². The molecule has 6 heteroatoms. The fraction of sp³-hybridized carbons (Fsp3) is 0.500. The summed E-state index contributed by atoms with van der Waals surface area (Å²) in [5.74, 6) is 1.43. The summed E-state index contributed by atoms with van der Waals surface area (Å²) in [6.07, 6.45) is 5.95. The summed E-state index contributed by atoms with van der Waals surface area (Å²) in [7, 11) is 4.05. The van der Waals surface area contributed by atoms with Crippen molar-refractivity contribution >= 4 is 17.3 Å². The molecule has 0 radical (unpaired) electrons. The lowest BCUT2D eigenvalue weighted by atomic mass is 9.88. The third-order valence-electron chi connectivity index (χ3n) is 4.64. The third-order valence-corrected chi connectivity index (χ3v) is 5.58. The van der Waals surface area contributed by atoms with Crippen molar-refractivity contribution in [3.8, 4) is 0 Å². The van der Waals surface area contributed by atoms with Crippen LogP contribution in [0.25, 0.3) is 0 Å². The highest BCUT2D eigenvalue weighted by Crippen LogP contribution is 2.36. The normalized spacial score (nSPS) is 22.5. The number of hydrogen-bond acceptors (Lipinski definition) is 4. The minimum atomic E-state index is 0.498. The van der Waals surface area contributed by atoms with E-state index in [-0.39, 0.29) is 0 Å². The SMILES string of the molecule is CN=C(NCc1ccoc1)NC[C@@H]1CCCN(C)[C@H]1c1cccs1.